The van der Waals surface area contributed by atoms with Crippen molar-refractivity contribution in [2.24, 2.45) is 16.2 Å². The monoisotopic (exact) mass is 466 g/mol. The summed E-state index contributed by atoms with van der Waals surface area (Å²) in [7, 11) is 0. The summed E-state index contributed by atoms with van der Waals surface area (Å²) in [6, 6.07) is 18.3. The maximum Gasteiger partial charge on any atom is -0.00551 e. The van der Waals surface area contributed by atoms with Gasteiger partial charge in [-0.15, -0.1) is 0 Å². The molecule has 0 bridgehead atoms. The van der Waals surface area contributed by atoms with Gasteiger partial charge in [-0.2, -0.15) is 0 Å². The van der Waals surface area contributed by atoms with E-state index >= 15 is 0 Å². The lowest BCUT2D eigenvalue weighted by Gasteiger charge is -2.39. The summed E-state index contributed by atoms with van der Waals surface area (Å²) < 4.78 is 0. The Labute approximate surface area is 215 Å². The summed E-state index contributed by atoms with van der Waals surface area (Å²) in [6.45, 7) is 32.1. The van der Waals surface area contributed by atoms with Crippen molar-refractivity contribution < 1.29 is 0 Å². The highest BCUT2D eigenvalue weighted by atomic mass is 14.4. The molecule has 0 saturated carbocycles. The van der Waals surface area contributed by atoms with E-state index < -0.39 is 0 Å². The molecule has 0 saturated heterocycles. The van der Waals surface area contributed by atoms with E-state index in [0.717, 1.165) is 12.8 Å². The van der Waals surface area contributed by atoms with Crippen LogP contribution in [0, 0.1) is 16.2 Å². The summed E-state index contributed by atoms with van der Waals surface area (Å²) in [4.78, 5) is 0. The lowest BCUT2D eigenvalue weighted by molar-refractivity contribution is 0.225. The minimum Gasteiger partial charge on any atom is -0.0776 e. The molecule has 0 heterocycles. The molecule has 0 aliphatic carbocycles. The van der Waals surface area contributed by atoms with Gasteiger partial charge in [-0.3, -0.25) is 0 Å². The molecule has 2 aromatic rings. The zero-order valence-electron chi connectivity index (χ0n) is 24.5. The first kappa shape index (κ1) is 32.4. The second-order valence-electron chi connectivity index (χ2n) is 15.0. The number of benzene rings is 2. The Bertz CT molecular complexity index is 833. The van der Waals surface area contributed by atoms with Gasteiger partial charge < -0.3 is 0 Å². The second kappa shape index (κ2) is 11.5. The summed E-state index contributed by atoms with van der Waals surface area (Å²) in [6.07, 6.45) is 2.29. The first-order chi connectivity index (χ1) is 14.6. The van der Waals surface area contributed by atoms with Crippen molar-refractivity contribution in [2.75, 3.05) is 0 Å². The molecule has 0 nitrogen and oxygen atoms in total. The van der Waals surface area contributed by atoms with Crippen molar-refractivity contribution in [1.29, 1.82) is 0 Å². The Morgan fingerprint density at radius 1 is 0.441 bits per heavy atom. The predicted octanol–water partition coefficient (Wildman–Crippen LogP) is 10.8. The Morgan fingerprint density at radius 3 is 0.971 bits per heavy atom. The molecule has 0 heteroatoms. The fourth-order valence-corrected chi connectivity index (χ4v) is 3.82. The van der Waals surface area contributed by atoms with Crippen LogP contribution in [-0.2, 0) is 23.7 Å². The molecule has 2 aromatic carbocycles. The van der Waals surface area contributed by atoms with Gasteiger partial charge >= 0.3 is 0 Å². The standard InChI is InChI=1S/C18H30.C15H24.CH4/c1-16(2,3)13-14-9-11-15(12-10-14)18(7,8)17(4,5)6;1-14(2,3)11-12-7-9-13(10-8-12)15(4,5)6;/h9-12H,13H2,1-8H3;7-10H,11H2,1-6H3;1H4. The minimum atomic E-state index is 0. The third-order valence-electron chi connectivity index (χ3n) is 6.84. The van der Waals surface area contributed by atoms with Gasteiger partial charge in [0.2, 0.25) is 0 Å². The number of hydrogen-bond acceptors (Lipinski definition) is 0. The van der Waals surface area contributed by atoms with Crippen LogP contribution >= 0.6 is 0 Å². The maximum absolute atomic E-state index is 2.34. The van der Waals surface area contributed by atoms with Crippen LogP contribution in [-0.4, -0.2) is 0 Å². The summed E-state index contributed by atoms with van der Waals surface area (Å²) in [5, 5.41) is 0. The van der Waals surface area contributed by atoms with Crippen LogP contribution in [0.25, 0.3) is 0 Å². The first-order valence-corrected chi connectivity index (χ1v) is 12.8. The van der Waals surface area contributed by atoms with Crippen LogP contribution in [0.15, 0.2) is 48.5 Å². The van der Waals surface area contributed by atoms with Crippen molar-refractivity contribution in [1.82, 2.24) is 0 Å². The Morgan fingerprint density at radius 2 is 0.735 bits per heavy atom. The van der Waals surface area contributed by atoms with Gasteiger partial charge in [0, 0.05) is 0 Å². The lowest BCUT2D eigenvalue weighted by atomic mass is 9.65. The van der Waals surface area contributed by atoms with E-state index in [1.165, 1.54) is 22.3 Å². The molecule has 0 fully saturated rings. The molecule has 0 spiro atoms. The Kier molecular flexibility index (Phi) is 10.9. The molecule has 2 rings (SSSR count). The molecule has 0 atom stereocenters. The third-order valence-corrected chi connectivity index (χ3v) is 6.84. The largest absolute Gasteiger partial charge is 0.0776 e. The quantitative estimate of drug-likeness (QED) is 0.422. The molecule has 0 unspecified atom stereocenters. The molecular formula is C34H58. The van der Waals surface area contributed by atoms with Gasteiger partial charge in [-0.1, -0.05) is 153 Å². The van der Waals surface area contributed by atoms with Crippen molar-refractivity contribution in [3.8, 4) is 0 Å². The van der Waals surface area contributed by atoms with Crippen molar-refractivity contribution in [3.05, 3.63) is 70.8 Å². The highest BCUT2D eigenvalue weighted by Crippen LogP contribution is 2.41. The molecule has 34 heavy (non-hydrogen) atoms. The molecule has 194 valence electrons. The predicted molar refractivity (Wildman–Crippen MR) is 157 cm³/mol. The topological polar surface area (TPSA) is 0 Å². The van der Waals surface area contributed by atoms with Gasteiger partial charge in [0.1, 0.15) is 0 Å². The molecular weight excluding hydrogens is 408 g/mol. The number of rotatable bonds is 3. The van der Waals surface area contributed by atoms with Crippen LogP contribution in [0.3, 0.4) is 0 Å². The van der Waals surface area contributed by atoms with Crippen molar-refractivity contribution >= 4 is 0 Å². The lowest BCUT2D eigenvalue weighted by Crippen LogP contribution is -2.33. The van der Waals surface area contributed by atoms with Crippen LogP contribution < -0.4 is 0 Å². The van der Waals surface area contributed by atoms with Crippen molar-refractivity contribution in [3.63, 3.8) is 0 Å². The third kappa shape index (κ3) is 10.8. The molecule has 0 radical (unpaired) electrons. The highest BCUT2D eigenvalue weighted by Gasteiger charge is 2.34. The van der Waals surface area contributed by atoms with E-state index in [0.29, 0.717) is 10.8 Å². The number of hydrogen-bond donors (Lipinski definition) is 0. The van der Waals surface area contributed by atoms with E-state index in [2.05, 4.69) is 145 Å². The van der Waals surface area contributed by atoms with Gasteiger partial charge in [-0.25, -0.2) is 0 Å². The van der Waals surface area contributed by atoms with Crippen LogP contribution in [0.4, 0.5) is 0 Å². The van der Waals surface area contributed by atoms with Gasteiger partial charge in [-0.05, 0) is 62.2 Å². The zero-order valence-corrected chi connectivity index (χ0v) is 24.5. The van der Waals surface area contributed by atoms with Crippen LogP contribution in [0.1, 0.15) is 127 Å². The molecule has 0 aromatic heterocycles. The Hall–Kier alpha value is -1.56. The van der Waals surface area contributed by atoms with Crippen LogP contribution in [0.2, 0.25) is 0 Å². The van der Waals surface area contributed by atoms with E-state index in [9.17, 15) is 0 Å². The van der Waals surface area contributed by atoms with E-state index in [-0.39, 0.29) is 23.7 Å². The average Bonchev–Trinajstić information content (AvgIpc) is 2.58. The minimum absolute atomic E-state index is 0. The Balaban J connectivity index is 0.000000632. The fraction of sp³-hybridized carbons (Fsp3) is 0.647. The van der Waals surface area contributed by atoms with Gasteiger partial charge in [0.15, 0.2) is 0 Å². The second-order valence-corrected chi connectivity index (χ2v) is 15.0. The van der Waals surface area contributed by atoms with E-state index in [1.807, 2.05) is 0 Å². The van der Waals surface area contributed by atoms with Gasteiger partial charge in [0.25, 0.3) is 0 Å². The van der Waals surface area contributed by atoms with E-state index in [1.54, 1.807) is 0 Å². The van der Waals surface area contributed by atoms with Crippen LogP contribution in [0.5, 0.6) is 0 Å². The van der Waals surface area contributed by atoms with Crippen molar-refractivity contribution in [2.45, 2.75) is 128 Å². The highest BCUT2D eigenvalue weighted by molar-refractivity contribution is 5.30. The van der Waals surface area contributed by atoms with E-state index in [4.69, 9.17) is 0 Å². The molecule has 0 amide bonds. The first-order valence-electron chi connectivity index (χ1n) is 12.8. The smallest absolute Gasteiger partial charge is 0.00551 e. The summed E-state index contributed by atoms with van der Waals surface area (Å²) in [5.74, 6) is 0. The SMILES string of the molecule is C.CC(C)(C)Cc1ccc(C(C)(C)C(C)(C)C)cc1.CC(C)(C)Cc1ccc(C(C)(C)C)cc1. The maximum atomic E-state index is 2.34. The van der Waals surface area contributed by atoms with Gasteiger partial charge in [0.05, 0.1) is 0 Å². The molecule has 0 aliphatic heterocycles. The normalized spacial score (nSPS) is 13.0. The summed E-state index contributed by atoms with van der Waals surface area (Å²) >= 11 is 0. The molecule has 0 N–H and O–H groups in total. The zero-order chi connectivity index (χ0) is 25.9. The average molecular weight is 467 g/mol. The summed E-state index contributed by atoms with van der Waals surface area (Å²) in [5.41, 5.74) is 7.22. The fourth-order valence-electron chi connectivity index (χ4n) is 3.82. The molecule has 0 aliphatic rings.